The number of alkyl halides is 3. The van der Waals surface area contributed by atoms with Crippen molar-refractivity contribution >= 4 is 5.97 Å². The van der Waals surface area contributed by atoms with Crippen molar-refractivity contribution in [2.24, 2.45) is 0 Å². The molecule has 0 aliphatic carbocycles. The molecule has 1 N–H and O–H groups in total. The maximum atomic E-state index is 12.5. The van der Waals surface area contributed by atoms with Crippen LogP contribution in [0.2, 0.25) is 0 Å². The molecule has 122 valence electrons. The van der Waals surface area contributed by atoms with Crippen LogP contribution in [-0.4, -0.2) is 24.0 Å². The molecule has 0 amide bonds. The second-order valence-electron chi connectivity index (χ2n) is 4.50. The van der Waals surface area contributed by atoms with E-state index in [9.17, 15) is 23.1 Å². The smallest absolute Gasteiger partial charge is 0.507 e. The number of phenols is 1. The SMILES string of the molecule is CCOC(=O)c1ccc(O)c(-c2ccccc2OC(F)(F)F)c1. The number of aromatic hydroxyl groups is 1. The van der Waals surface area contributed by atoms with Crippen LogP contribution < -0.4 is 4.74 Å². The van der Waals surface area contributed by atoms with Gasteiger partial charge in [0.2, 0.25) is 0 Å². The average Bonchev–Trinajstić information content (AvgIpc) is 2.47. The minimum absolute atomic E-state index is 0.00785. The fourth-order valence-electron chi connectivity index (χ4n) is 2.00. The lowest BCUT2D eigenvalue weighted by atomic mass is 10.0. The van der Waals surface area contributed by atoms with Gasteiger partial charge in [-0.3, -0.25) is 0 Å². The second kappa shape index (κ2) is 6.60. The summed E-state index contributed by atoms with van der Waals surface area (Å²) >= 11 is 0. The highest BCUT2D eigenvalue weighted by atomic mass is 19.4. The lowest BCUT2D eigenvalue weighted by molar-refractivity contribution is -0.274. The van der Waals surface area contributed by atoms with Crippen molar-refractivity contribution < 1.29 is 32.5 Å². The maximum Gasteiger partial charge on any atom is 0.573 e. The fourth-order valence-corrected chi connectivity index (χ4v) is 2.00. The Morgan fingerprint density at radius 3 is 2.48 bits per heavy atom. The van der Waals surface area contributed by atoms with Crippen LogP contribution >= 0.6 is 0 Å². The van der Waals surface area contributed by atoms with Gasteiger partial charge in [-0.2, -0.15) is 0 Å². The molecule has 0 fully saturated rings. The van der Waals surface area contributed by atoms with Crippen LogP contribution in [0.15, 0.2) is 42.5 Å². The third-order valence-electron chi connectivity index (χ3n) is 2.91. The third-order valence-corrected chi connectivity index (χ3v) is 2.91. The predicted octanol–water partition coefficient (Wildman–Crippen LogP) is 4.13. The van der Waals surface area contributed by atoms with E-state index in [4.69, 9.17) is 4.74 Å². The number of carbonyl (C=O) groups excluding carboxylic acids is 1. The predicted molar refractivity (Wildman–Crippen MR) is 76.2 cm³/mol. The maximum absolute atomic E-state index is 12.5. The molecule has 0 heterocycles. The van der Waals surface area contributed by atoms with E-state index in [-0.39, 0.29) is 29.0 Å². The lowest BCUT2D eigenvalue weighted by Gasteiger charge is -2.14. The quantitative estimate of drug-likeness (QED) is 0.858. The van der Waals surface area contributed by atoms with Gasteiger partial charge < -0.3 is 14.6 Å². The first-order valence-corrected chi connectivity index (χ1v) is 6.67. The molecule has 0 aliphatic rings. The van der Waals surface area contributed by atoms with Crippen LogP contribution in [0.4, 0.5) is 13.2 Å². The molecule has 0 atom stereocenters. The Labute approximate surface area is 130 Å². The Kier molecular flexibility index (Phi) is 4.78. The summed E-state index contributed by atoms with van der Waals surface area (Å²) in [7, 11) is 0. The van der Waals surface area contributed by atoms with Gasteiger partial charge in [-0.1, -0.05) is 18.2 Å². The molecular formula is C16H13F3O4. The summed E-state index contributed by atoms with van der Waals surface area (Å²) in [5.74, 6) is -1.39. The standard InChI is InChI=1S/C16H13F3O4/c1-2-22-15(21)10-7-8-13(20)12(9-10)11-5-3-4-6-14(11)23-16(17,18)19/h3-9,20H,2H2,1H3. The number of para-hydroxylation sites is 1. The summed E-state index contributed by atoms with van der Waals surface area (Å²) in [6, 6.07) is 9.14. The van der Waals surface area contributed by atoms with Crippen molar-refractivity contribution in [2.45, 2.75) is 13.3 Å². The van der Waals surface area contributed by atoms with E-state index in [2.05, 4.69) is 4.74 Å². The number of phenolic OH excluding ortho intramolecular Hbond substituents is 1. The van der Waals surface area contributed by atoms with Crippen molar-refractivity contribution in [3.63, 3.8) is 0 Å². The van der Waals surface area contributed by atoms with Crippen LogP contribution in [-0.2, 0) is 4.74 Å². The Balaban J connectivity index is 2.50. The average molecular weight is 326 g/mol. The highest BCUT2D eigenvalue weighted by Gasteiger charge is 2.32. The molecule has 0 radical (unpaired) electrons. The third kappa shape index (κ3) is 4.15. The number of esters is 1. The van der Waals surface area contributed by atoms with Gasteiger partial charge in [0.15, 0.2) is 0 Å². The number of hydrogen-bond donors (Lipinski definition) is 1. The Morgan fingerprint density at radius 1 is 1.13 bits per heavy atom. The number of benzene rings is 2. The molecular weight excluding hydrogens is 313 g/mol. The van der Waals surface area contributed by atoms with Crippen molar-refractivity contribution in [2.75, 3.05) is 6.61 Å². The number of ether oxygens (including phenoxy) is 2. The largest absolute Gasteiger partial charge is 0.573 e. The normalized spacial score (nSPS) is 11.1. The number of hydrogen-bond acceptors (Lipinski definition) is 4. The first-order chi connectivity index (χ1) is 10.8. The number of rotatable bonds is 4. The van der Waals surface area contributed by atoms with E-state index in [1.165, 1.54) is 36.4 Å². The minimum Gasteiger partial charge on any atom is -0.507 e. The van der Waals surface area contributed by atoms with Crippen LogP contribution in [0.25, 0.3) is 11.1 Å². The zero-order valence-corrected chi connectivity index (χ0v) is 12.1. The van der Waals surface area contributed by atoms with Crippen molar-refractivity contribution in [3.05, 3.63) is 48.0 Å². The molecule has 2 rings (SSSR count). The summed E-state index contributed by atoms with van der Waals surface area (Å²) in [6.45, 7) is 1.79. The first kappa shape index (κ1) is 16.7. The van der Waals surface area contributed by atoms with Gasteiger partial charge in [0.25, 0.3) is 0 Å². The van der Waals surface area contributed by atoms with E-state index in [1.54, 1.807) is 6.92 Å². The molecule has 0 saturated carbocycles. The fraction of sp³-hybridized carbons (Fsp3) is 0.188. The molecule has 0 spiro atoms. The van der Waals surface area contributed by atoms with Gasteiger partial charge in [-0.05, 0) is 31.2 Å². The monoisotopic (exact) mass is 326 g/mol. The Hall–Kier alpha value is -2.70. The topological polar surface area (TPSA) is 55.8 Å². The van der Waals surface area contributed by atoms with E-state index >= 15 is 0 Å². The van der Waals surface area contributed by atoms with Crippen molar-refractivity contribution in [1.29, 1.82) is 0 Å². The van der Waals surface area contributed by atoms with Crippen LogP contribution in [0, 0.1) is 0 Å². The van der Waals surface area contributed by atoms with Crippen LogP contribution in [0.1, 0.15) is 17.3 Å². The molecule has 23 heavy (non-hydrogen) atoms. The highest BCUT2D eigenvalue weighted by molar-refractivity contribution is 5.92. The summed E-state index contributed by atoms with van der Waals surface area (Å²) < 4.78 is 46.3. The van der Waals surface area contributed by atoms with Gasteiger partial charge in [0.05, 0.1) is 12.2 Å². The van der Waals surface area contributed by atoms with Crippen molar-refractivity contribution in [3.8, 4) is 22.6 Å². The lowest BCUT2D eigenvalue weighted by Crippen LogP contribution is -2.17. The van der Waals surface area contributed by atoms with Crippen molar-refractivity contribution in [1.82, 2.24) is 0 Å². The minimum atomic E-state index is -4.87. The molecule has 0 unspecified atom stereocenters. The summed E-state index contributed by atoms with van der Waals surface area (Å²) in [5, 5.41) is 9.93. The summed E-state index contributed by atoms with van der Waals surface area (Å²) in [4.78, 5) is 11.7. The molecule has 0 saturated heterocycles. The van der Waals surface area contributed by atoms with Crippen LogP contribution in [0.3, 0.4) is 0 Å². The highest BCUT2D eigenvalue weighted by Crippen LogP contribution is 2.38. The van der Waals surface area contributed by atoms with Gasteiger partial charge in [0.1, 0.15) is 11.5 Å². The first-order valence-electron chi connectivity index (χ1n) is 6.67. The van der Waals surface area contributed by atoms with E-state index in [0.717, 1.165) is 6.07 Å². The Bertz CT molecular complexity index is 711. The van der Waals surface area contributed by atoms with Crippen LogP contribution in [0.5, 0.6) is 11.5 Å². The molecule has 4 nitrogen and oxygen atoms in total. The molecule has 2 aromatic rings. The van der Waals surface area contributed by atoms with E-state index in [1.807, 2.05) is 0 Å². The van der Waals surface area contributed by atoms with Gasteiger partial charge in [-0.15, -0.1) is 13.2 Å². The Morgan fingerprint density at radius 2 is 1.83 bits per heavy atom. The molecule has 2 aromatic carbocycles. The van der Waals surface area contributed by atoms with E-state index < -0.39 is 18.1 Å². The summed E-state index contributed by atoms with van der Waals surface area (Å²) in [6.07, 6.45) is -4.87. The molecule has 0 bridgehead atoms. The molecule has 0 aromatic heterocycles. The number of halogens is 3. The van der Waals surface area contributed by atoms with Gasteiger partial charge >= 0.3 is 12.3 Å². The molecule has 0 aliphatic heterocycles. The van der Waals surface area contributed by atoms with Gasteiger partial charge in [0, 0.05) is 11.1 Å². The second-order valence-corrected chi connectivity index (χ2v) is 4.50. The zero-order chi connectivity index (χ0) is 17.0. The van der Waals surface area contributed by atoms with E-state index in [0.29, 0.717) is 0 Å². The van der Waals surface area contributed by atoms with Gasteiger partial charge in [-0.25, -0.2) is 4.79 Å². The zero-order valence-electron chi connectivity index (χ0n) is 12.1. The molecule has 7 heteroatoms. The summed E-state index contributed by atoms with van der Waals surface area (Å²) in [5.41, 5.74) is 0.158. The number of carbonyl (C=O) groups is 1.